The average Bonchev–Trinajstić information content (AvgIpc) is 3.26. The summed E-state index contributed by atoms with van der Waals surface area (Å²) in [5.74, 6) is 1.77. The first kappa shape index (κ1) is 22.6. The number of hydrogen-bond donors (Lipinski definition) is 0. The third-order valence-corrected chi connectivity index (χ3v) is 9.54. The summed E-state index contributed by atoms with van der Waals surface area (Å²) in [4.78, 5) is 0. The molecule has 0 aromatic rings. The Balaban J connectivity index is 0.000000568. The Hall–Kier alpha value is -1.04. The van der Waals surface area contributed by atoms with Crippen molar-refractivity contribution in [1.82, 2.24) is 0 Å². The molecular formula is C29H46. The van der Waals surface area contributed by atoms with Crippen molar-refractivity contribution < 1.29 is 0 Å². The molecule has 0 aromatic heterocycles. The monoisotopic (exact) mass is 394 g/mol. The second kappa shape index (κ2) is 8.24. The SMILES string of the molecule is C=C1C=C2CCC3C(=CCC4(C)C3CC[C@@]43CCC(=C)C3)C2(C)CC1.CC.CC. The van der Waals surface area contributed by atoms with E-state index in [0.29, 0.717) is 16.2 Å². The van der Waals surface area contributed by atoms with Crippen LogP contribution in [0.4, 0.5) is 0 Å². The fourth-order valence-corrected chi connectivity index (χ4v) is 7.93. The number of rotatable bonds is 0. The molecule has 0 radical (unpaired) electrons. The maximum Gasteiger partial charge on any atom is 0.0101 e. The van der Waals surface area contributed by atoms with Gasteiger partial charge in [-0.25, -0.2) is 0 Å². The van der Waals surface area contributed by atoms with Crippen molar-refractivity contribution in [3.63, 3.8) is 0 Å². The van der Waals surface area contributed by atoms with Crippen LogP contribution >= 0.6 is 0 Å². The molecule has 3 fully saturated rings. The van der Waals surface area contributed by atoms with Crippen LogP contribution in [0.25, 0.3) is 0 Å². The molecule has 0 heteroatoms. The summed E-state index contributed by atoms with van der Waals surface area (Å²) in [6.45, 7) is 21.8. The van der Waals surface area contributed by atoms with Crippen molar-refractivity contribution in [3.8, 4) is 0 Å². The highest BCUT2D eigenvalue weighted by molar-refractivity contribution is 5.43. The molecule has 29 heavy (non-hydrogen) atoms. The van der Waals surface area contributed by atoms with Crippen LogP contribution in [0.5, 0.6) is 0 Å². The third kappa shape index (κ3) is 3.24. The van der Waals surface area contributed by atoms with Gasteiger partial charge in [0.2, 0.25) is 0 Å². The van der Waals surface area contributed by atoms with E-state index in [1.165, 1.54) is 75.4 Å². The van der Waals surface area contributed by atoms with Crippen molar-refractivity contribution >= 4 is 0 Å². The van der Waals surface area contributed by atoms with E-state index in [4.69, 9.17) is 0 Å². The Kier molecular flexibility index (Phi) is 6.43. The quantitative estimate of drug-likeness (QED) is 0.359. The molecule has 1 spiro atoms. The van der Waals surface area contributed by atoms with Crippen molar-refractivity contribution in [2.45, 2.75) is 106 Å². The third-order valence-electron chi connectivity index (χ3n) is 9.54. The predicted octanol–water partition coefficient (Wildman–Crippen LogP) is 9.20. The van der Waals surface area contributed by atoms with Crippen molar-refractivity contribution in [3.05, 3.63) is 47.6 Å². The highest BCUT2D eigenvalue weighted by Crippen LogP contribution is 2.72. The van der Waals surface area contributed by atoms with Gasteiger partial charge < -0.3 is 0 Å². The first-order chi connectivity index (χ1) is 13.9. The standard InChI is InChI=1S/C25H34.2C2H6/c1-17-7-11-23(3)19(15-17)5-6-20-21(23)9-12-24(4)22(20)10-14-25(24)13-8-18(2)16-25;2*1-2/h9,15,20,22H,1-2,5-8,10-14,16H2,3-4H3;2*1-2H3/t20?,22?,23?,24?,25-;;/m1../s1. The molecule has 0 amide bonds. The van der Waals surface area contributed by atoms with Gasteiger partial charge in [-0.15, -0.1) is 0 Å². The van der Waals surface area contributed by atoms with Crippen molar-refractivity contribution in [2.24, 2.45) is 28.1 Å². The summed E-state index contributed by atoms with van der Waals surface area (Å²) < 4.78 is 0. The minimum Gasteiger partial charge on any atom is -0.0998 e. The van der Waals surface area contributed by atoms with E-state index in [9.17, 15) is 0 Å². The van der Waals surface area contributed by atoms with Gasteiger partial charge in [-0.2, -0.15) is 0 Å². The summed E-state index contributed by atoms with van der Waals surface area (Å²) in [7, 11) is 0. The van der Waals surface area contributed by atoms with Gasteiger partial charge in [0.15, 0.2) is 0 Å². The highest BCUT2D eigenvalue weighted by atomic mass is 14.7. The Bertz CT molecular complexity index is 718. The summed E-state index contributed by atoms with van der Waals surface area (Å²) in [6.07, 6.45) is 18.6. The maximum atomic E-state index is 4.36. The van der Waals surface area contributed by atoms with Crippen LogP contribution in [0.1, 0.15) is 106 Å². The molecule has 0 bridgehead atoms. The van der Waals surface area contributed by atoms with Crippen molar-refractivity contribution in [2.75, 3.05) is 0 Å². The van der Waals surface area contributed by atoms with Crippen LogP contribution in [0, 0.1) is 28.1 Å². The number of fused-ring (bicyclic) bond motifs is 6. The lowest BCUT2D eigenvalue weighted by atomic mass is 9.49. The van der Waals surface area contributed by atoms with E-state index in [2.05, 4.69) is 39.2 Å². The van der Waals surface area contributed by atoms with Crippen LogP contribution in [-0.2, 0) is 0 Å². The number of allylic oxidation sites excluding steroid dienone is 6. The molecule has 162 valence electrons. The first-order valence-corrected chi connectivity index (χ1v) is 12.6. The number of hydrogen-bond acceptors (Lipinski definition) is 0. The van der Waals surface area contributed by atoms with Crippen LogP contribution in [-0.4, -0.2) is 0 Å². The zero-order valence-corrected chi connectivity index (χ0v) is 20.3. The summed E-state index contributed by atoms with van der Waals surface area (Å²) in [5.41, 5.74) is 7.86. The summed E-state index contributed by atoms with van der Waals surface area (Å²) >= 11 is 0. The van der Waals surface area contributed by atoms with Crippen LogP contribution in [0.2, 0.25) is 0 Å². The zero-order valence-electron chi connectivity index (χ0n) is 20.3. The Morgan fingerprint density at radius 1 is 0.897 bits per heavy atom. The molecule has 0 aromatic carbocycles. The van der Waals surface area contributed by atoms with E-state index in [0.717, 1.165) is 11.8 Å². The fourth-order valence-electron chi connectivity index (χ4n) is 7.93. The van der Waals surface area contributed by atoms with E-state index in [1.807, 2.05) is 33.3 Å². The van der Waals surface area contributed by atoms with Gasteiger partial charge in [-0.1, -0.05) is 89.1 Å². The molecule has 5 aliphatic carbocycles. The van der Waals surface area contributed by atoms with Gasteiger partial charge in [0, 0.05) is 5.41 Å². The molecular weight excluding hydrogens is 348 g/mol. The van der Waals surface area contributed by atoms with Gasteiger partial charge in [-0.3, -0.25) is 0 Å². The Labute approximate surface area is 181 Å². The largest absolute Gasteiger partial charge is 0.0998 e. The van der Waals surface area contributed by atoms with E-state index >= 15 is 0 Å². The topological polar surface area (TPSA) is 0 Å². The van der Waals surface area contributed by atoms with Crippen LogP contribution < -0.4 is 0 Å². The fraction of sp³-hybridized carbons (Fsp3) is 0.724. The van der Waals surface area contributed by atoms with Gasteiger partial charge in [0.1, 0.15) is 0 Å². The molecule has 0 heterocycles. The molecule has 5 rings (SSSR count). The van der Waals surface area contributed by atoms with E-state index < -0.39 is 0 Å². The lowest BCUT2D eigenvalue weighted by Gasteiger charge is -2.56. The predicted molar refractivity (Wildman–Crippen MR) is 129 cm³/mol. The van der Waals surface area contributed by atoms with Crippen molar-refractivity contribution in [1.29, 1.82) is 0 Å². The Morgan fingerprint density at radius 3 is 2.28 bits per heavy atom. The highest BCUT2D eigenvalue weighted by Gasteiger charge is 2.62. The zero-order chi connectivity index (χ0) is 21.4. The Morgan fingerprint density at radius 2 is 1.62 bits per heavy atom. The maximum absolute atomic E-state index is 4.36. The summed E-state index contributed by atoms with van der Waals surface area (Å²) in [6, 6.07) is 0. The molecule has 0 aliphatic heterocycles. The first-order valence-electron chi connectivity index (χ1n) is 12.6. The van der Waals surface area contributed by atoms with E-state index in [1.54, 1.807) is 5.57 Å². The lowest BCUT2D eigenvalue weighted by Crippen LogP contribution is -2.46. The molecule has 4 unspecified atom stereocenters. The molecule has 3 saturated carbocycles. The molecule has 0 nitrogen and oxygen atoms in total. The van der Waals surface area contributed by atoms with E-state index in [-0.39, 0.29) is 0 Å². The second-order valence-electron chi connectivity index (χ2n) is 10.4. The van der Waals surface area contributed by atoms with Gasteiger partial charge in [-0.05, 0) is 86.9 Å². The van der Waals surface area contributed by atoms with Crippen LogP contribution in [0.15, 0.2) is 47.6 Å². The van der Waals surface area contributed by atoms with Gasteiger partial charge in [0.05, 0.1) is 0 Å². The van der Waals surface area contributed by atoms with Gasteiger partial charge in [0.25, 0.3) is 0 Å². The van der Waals surface area contributed by atoms with Crippen LogP contribution in [0.3, 0.4) is 0 Å². The molecule has 0 N–H and O–H groups in total. The smallest absolute Gasteiger partial charge is 0.0101 e. The normalized spacial score (nSPS) is 42.4. The van der Waals surface area contributed by atoms with Gasteiger partial charge >= 0.3 is 0 Å². The lowest BCUT2D eigenvalue weighted by molar-refractivity contribution is 0.0211. The minimum absolute atomic E-state index is 0.348. The molecule has 5 aliphatic rings. The molecule has 0 saturated heterocycles. The average molecular weight is 395 g/mol. The second-order valence-corrected chi connectivity index (χ2v) is 10.4. The summed E-state index contributed by atoms with van der Waals surface area (Å²) in [5, 5.41) is 0. The molecule has 5 atom stereocenters. The minimum atomic E-state index is 0.348.